The fraction of sp³-hybridized carbons (Fsp3) is 0.250. The van der Waals surface area contributed by atoms with E-state index in [4.69, 9.17) is 0 Å². The van der Waals surface area contributed by atoms with E-state index < -0.39 is 0 Å². The van der Waals surface area contributed by atoms with Gasteiger partial charge >= 0.3 is 0 Å². The second-order valence-corrected chi connectivity index (χ2v) is 6.42. The number of benzene rings is 2. The maximum Gasteiger partial charge on any atom is 0.234 e. The summed E-state index contributed by atoms with van der Waals surface area (Å²) in [6, 6.07) is 16.1. The molecule has 1 aliphatic heterocycles. The highest BCUT2D eigenvalue weighted by molar-refractivity contribution is 5.97. The van der Waals surface area contributed by atoms with E-state index in [0.717, 1.165) is 35.6 Å². The van der Waals surface area contributed by atoms with Crippen molar-refractivity contribution in [3.05, 3.63) is 65.5 Å². The molecule has 1 amide bonds. The third-order valence-electron chi connectivity index (χ3n) is 4.80. The molecule has 0 saturated carbocycles. The summed E-state index contributed by atoms with van der Waals surface area (Å²) in [6.07, 6.45) is 1.17. The van der Waals surface area contributed by atoms with E-state index in [0.29, 0.717) is 5.82 Å². The topological polar surface area (TPSA) is 51.0 Å². The van der Waals surface area contributed by atoms with E-state index in [1.807, 2.05) is 46.8 Å². The number of hydrogen-bond donors (Lipinski definition) is 0. The first-order valence-corrected chi connectivity index (χ1v) is 8.47. The van der Waals surface area contributed by atoms with Crippen molar-refractivity contribution in [2.24, 2.45) is 7.05 Å². The van der Waals surface area contributed by atoms with Crippen LogP contribution in [0.4, 0.5) is 5.69 Å². The van der Waals surface area contributed by atoms with Crippen LogP contribution in [0.25, 0.3) is 11.4 Å². The zero-order valence-corrected chi connectivity index (χ0v) is 14.4. The summed E-state index contributed by atoms with van der Waals surface area (Å²) in [6.45, 7) is 2.79. The second-order valence-electron chi connectivity index (χ2n) is 6.42. The van der Waals surface area contributed by atoms with Crippen molar-refractivity contribution in [3.8, 4) is 11.4 Å². The molecule has 0 bridgehead atoms. The molecular weight excluding hydrogens is 312 g/mol. The third kappa shape index (κ3) is 2.71. The van der Waals surface area contributed by atoms with Crippen LogP contribution in [0.3, 0.4) is 0 Å². The number of anilines is 1. The number of amides is 1. The number of rotatable bonds is 3. The van der Waals surface area contributed by atoms with Crippen LogP contribution in [0.1, 0.15) is 17.0 Å². The van der Waals surface area contributed by atoms with Crippen LogP contribution in [0.5, 0.6) is 0 Å². The molecule has 2 aromatic carbocycles. The van der Waals surface area contributed by atoms with Crippen LogP contribution in [-0.4, -0.2) is 27.2 Å². The fourth-order valence-electron chi connectivity index (χ4n) is 3.49. The van der Waals surface area contributed by atoms with Crippen LogP contribution >= 0.6 is 0 Å². The Labute approximate surface area is 146 Å². The lowest BCUT2D eigenvalue weighted by atomic mass is 10.1. The predicted molar refractivity (Wildman–Crippen MR) is 97.4 cm³/mol. The van der Waals surface area contributed by atoms with Crippen molar-refractivity contribution < 1.29 is 4.79 Å². The summed E-state index contributed by atoms with van der Waals surface area (Å²) in [5.41, 5.74) is 4.46. The number of hydrogen-bond acceptors (Lipinski definition) is 3. The molecule has 1 aliphatic rings. The monoisotopic (exact) mass is 332 g/mol. The Hall–Kier alpha value is -2.95. The number of para-hydroxylation sites is 1. The van der Waals surface area contributed by atoms with Gasteiger partial charge in [-0.15, -0.1) is 10.2 Å². The van der Waals surface area contributed by atoms with Crippen LogP contribution in [0, 0.1) is 6.92 Å². The van der Waals surface area contributed by atoms with E-state index in [9.17, 15) is 4.79 Å². The first kappa shape index (κ1) is 15.6. The SMILES string of the molecule is Cc1cccc2c1N(C(=O)Cc1nnc(-c3ccccc3)n1C)CC2. The molecule has 0 aliphatic carbocycles. The molecule has 1 aromatic heterocycles. The second kappa shape index (κ2) is 6.16. The van der Waals surface area contributed by atoms with Gasteiger partial charge in [0.2, 0.25) is 5.91 Å². The van der Waals surface area contributed by atoms with E-state index in [-0.39, 0.29) is 12.3 Å². The summed E-state index contributed by atoms with van der Waals surface area (Å²) in [4.78, 5) is 14.8. The van der Waals surface area contributed by atoms with Crippen molar-refractivity contribution in [3.63, 3.8) is 0 Å². The molecule has 0 saturated heterocycles. The quantitative estimate of drug-likeness (QED) is 0.741. The zero-order valence-electron chi connectivity index (χ0n) is 14.4. The summed E-state index contributed by atoms with van der Waals surface area (Å²) >= 11 is 0. The molecule has 126 valence electrons. The molecule has 0 fully saturated rings. The van der Waals surface area contributed by atoms with Gasteiger partial charge in [-0.05, 0) is 24.5 Å². The summed E-state index contributed by atoms with van der Waals surface area (Å²) in [5, 5.41) is 8.52. The Morgan fingerprint density at radius 3 is 2.68 bits per heavy atom. The lowest BCUT2D eigenvalue weighted by Crippen LogP contribution is -2.31. The van der Waals surface area contributed by atoms with Crippen LogP contribution in [0.15, 0.2) is 48.5 Å². The number of aryl methyl sites for hydroxylation is 1. The minimum atomic E-state index is 0.0724. The van der Waals surface area contributed by atoms with Gasteiger partial charge in [-0.2, -0.15) is 0 Å². The van der Waals surface area contributed by atoms with Gasteiger partial charge in [-0.3, -0.25) is 4.79 Å². The minimum absolute atomic E-state index is 0.0724. The zero-order chi connectivity index (χ0) is 17.4. The van der Waals surface area contributed by atoms with Gasteiger partial charge in [0, 0.05) is 24.8 Å². The van der Waals surface area contributed by atoms with Gasteiger partial charge in [0.1, 0.15) is 5.82 Å². The van der Waals surface area contributed by atoms with Crippen molar-refractivity contribution in [1.29, 1.82) is 0 Å². The van der Waals surface area contributed by atoms with Crippen molar-refractivity contribution in [2.75, 3.05) is 11.4 Å². The Balaban J connectivity index is 1.59. The lowest BCUT2D eigenvalue weighted by molar-refractivity contribution is -0.118. The van der Waals surface area contributed by atoms with Crippen molar-refractivity contribution in [1.82, 2.24) is 14.8 Å². The normalized spacial score (nSPS) is 13.1. The molecular formula is C20H20N4O. The lowest BCUT2D eigenvalue weighted by Gasteiger charge is -2.19. The van der Waals surface area contributed by atoms with Gasteiger partial charge in [0.05, 0.1) is 6.42 Å². The molecule has 0 N–H and O–H groups in total. The van der Waals surface area contributed by atoms with E-state index in [1.165, 1.54) is 5.56 Å². The first-order chi connectivity index (χ1) is 12.1. The molecule has 3 aromatic rings. The molecule has 2 heterocycles. The molecule has 5 heteroatoms. The van der Waals surface area contributed by atoms with E-state index in [1.54, 1.807) is 0 Å². The standard InChI is InChI=1S/C20H20N4O/c1-14-7-6-10-15-11-12-24(19(14)15)18(25)13-17-21-22-20(23(17)2)16-8-4-3-5-9-16/h3-10H,11-13H2,1-2H3. The average molecular weight is 332 g/mol. The minimum Gasteiger partial charge on any atom is -0.314 e. The smallest absolute Gasteiger partial charge is 0.234 e. The Kier molecular flexibility index (Phi) is 3.84. The Morgan fingerprint density at radius 2 is 1.88 bits per heavy atom. The summed E-state index contributed by atoms with van der Waals surface area (Å²) in [7, 11) is 1.91. The summed E-state index contributed by atoms with van der Waals surface area (Å²) in [5.74, 6) is 1.54. The van der Waals surface area contributed by atoms with Crippen molar-refractivity contribution in [2.45, 2.75) is 19.8 Å². The third-order valence-corrected chi connectivity index (χ3v) is 4.80. The Morgan fingerprint density at radius 1 is 1.08 bits per heavy atom. The van der Waals surface area contributed by atoms with Crippen LogP contribution in [-0.2, 0) is 24.7 Å². The fourth-order valence-corrected chi connectivity index (χ4v) is 3.49. The molecule has 0 unspecified atom stereocenters. The molecule has 0 atom stereocenters. The molecule has 0 radical (unpaired) electrons. The van der Waals surface area contributed by atoms with Crippen LogP contribution in [0.2, 0.25) is 0 Å². The highest BCUT2D eigenvalue weighted by Crippen LogP contribution is 2.31. The van der Waals surface area contributed by atoms with Crippen molar-refractivity contribution >= 4 is 11.6 Å². The number of carbonyl (C=O) groups is 1. The number of carbonyl (C=O) groups excluding carboxylic acids is 1. The van der Waals surface area contributed by atoms with Gasteiger partial charge in [-0.25, -0.2) is 0 Å². The Bertz CT molecular complexity index is 930. The van der Waals surface area contributed by atoms with Gasteiger partial charge in [0.25, 0.3) is 0 Å². The van der Waals surface area contributed by atoms with Crippen LogP contribution < -0.4 is 4.90 Å². The van der Waals surface area contributed by atoms with Gasteiger partial charge < -0.3 is 9.47 Å². The largest absolute Gasteiger partial charge is 0.314 e. The first-order valence-electron chi connectivity index (χ1n) is 8.47. The molecule has 0 spiro atoms. The predicted octanol–water partition coefficient (Wildman–Crippen LogP) is 2.92. The maximum atomic E-state index is 12.9. The highest BCUT2D eigenvalue weighted by atomic mass is 16.2. The molecule has 4 rings (SSSR count). The molecule has 25 heavy (non-hydrogen) atoms. The maximum absolute atomic E-state index is 12.9. The van der Waals surface area contributed by atoms with Gasteiger partial charge in [0.15, 0.2) is 5.82 Å². The number of nitrogens with zero attached hydrogens (tertiary/aromatic N) is 4. The average Bonchev–Trinajstić information content (AvgIpc) is 3.21. The number of aromatic nitrogens is 3. The summed E-state index contributed by atoms with van der Waals surface area (Å²) < 4.78 is 1.90. The van der Waals surface area contributed by atoms with Gasteiger partial charge in [-0.1, -0.05) is 48.5 Å². The van der Waals surface area contributed by atoms with E-state index in [2.05, 4.69) is 35.3 Å². The highest BCUT2D eigenvalue weighted by Gasteiger charge is 2.27. The number of fused-ring (bicyclic) bond motifs is 1. The van der Waals surface area contributed by atoms with E-state index >= 15 is 0 Å². The molecule has 5 nitrogen and oxygen atoms in total.